The Balaban J connectivity index is 1.65. The van der Waals surface area contributed by atoms with Gasteiger partial charge >= 0.3 is 0 Å². The number of fused-ring (bicyclic) bond motifs is 2. The molecule has 0 aliphatic rings. The van der Waals surface area contributed by atoms with Crippen molar-refractivity contribution in [2.24, 2.45) is 14.1 Å². The molecule has 0 fully saturated rings. The highest BCUT2D eigenvalue weighted by atomic mass is 16.1. The third-order valence-corrected chi connectivity index (χ3v) is 5.65. The van der Waals surface area contributed by atoms with Crippen molar-refractivity contribution in [3.63, 3.8) is 0 Å². The second-order valence-corrected chi connectivity index (χ2v) is 7.60. The van der Waals surface area contributed by atoms with Crippen LogP contribution in [0.15, 0.2) is 24.8 Å². The lowest BCUT2D eigenvalue weighted by atomic mass is 10.0. The van der Waals surface area contributed by atoms with Gasteiger partial charge in [-0.05, 0) is 26.8 Å². The van der Waals surface area contributed by atoms with Gasteiger partial charge in [0.15, 0.2) is 11.3 Å². The van der Waals surface area contributed by atoms with E-state index in [9.17, 15) is 4.79 Å². The Hall–Kier alpha value is -4.15. The predicted molar refractivity (Wildman–Crippen MR) is 119 cm³/mol. The first-order valence-electron chi connectivity index (χ1n) is 10.2. The maximum absolute atomic E-state index is 13.4. The maximum atomic E-state index is 13.4. The smallest absolute Gasteiger partial charge is 0.257 e. The van der Waals surface area contributed by atoms with E-state index < -0.39 is 0 Å². The number of nitrogens with zero attached hydrogens (tertiary/aromatic N) is 9. The molecule has 5 rings (SSSR count). The van der Waals surface area contributed by atoms with E-state index in [1.807, 2.05) is 25.5 Å². The van der Waals surface area contributed by atoms with E-state index in [0.717, 1.165) is 23.5 Å². The van der Waals surface area contributed by atoms with Crippen LogP contribution in [-0.2, 0) is 20.6 Å². The number of carbonyl (C=O) groups excluding carboxylic acids is 1. The van der Waals surface area contributed by atoms with Gasteiger partial charge in [0, 0.05) is 31.9 Å². The molecule has 32 heavy (non-hydrogen) atoms. The first-order valence-corrected chi connectivity index (χ1v) is 10.2. The number of carbonyl (C=O) groups is 1. The predicted octanol–water partition coefficient (Wildman–Crippen LogP) is 2.40. The van der Waals surface area contributed by atoms with Crippen LogP contribution < -0.4 is 5.32 Å². The number of nitrogens with one attached hydrogen (secondary N) is 1. The molecule has 0 unspecified atom stereocenters. The summed E-state index contributed by atoms with van der Waals surface area (Å²) in [7, 11) is 3.59. The number of amides is 1. The summed E-state index contributed by atoms with van der Waals surface area (Å²) in [6, 6.07) is 1.79. The fourth-order valence-electron chi connectivity index (χ4n) is 4.04. The van der Waals surface area contributed by atoms with Gasteiger partial charge in [0.1, 0.15) is 12.1 Å². The third-order valence-electron chi connectivity index (χ3n) is 5.65. The van der Waals surface area contributed by atoms with Crippen LogP contribution in [-0.4, -0.2) is 50.2 Å². The van der Waals surface area contributed by atoms with Gasteiger partial charge in [-0.1, -0.05) is 0 Å². The summed E-state index contributed by atoms with van der Waals surface area (Å²) in [6.45, 7) is 6.75. The Kier molecular flexibility index (Phi) is 4.47. The average molecular weight is 430 g/mol. The molecule has 0 saturated heterocycles. The zero-order valence-corrected chi connectivity index (χ0v) is 18.4. The van der Waals surface area contributed by atoms with Crippen LogP contribution in [0.1, 0.15) is 28.7 Å². The first kappa shape index (κ1) is 19.8. The number of pyridine rings is 1. The van der Waals surface area contributed by atoms with Crippen molar-refractivity contribution in [1.29, 1.82) is 0 Å². The molecular formula is C21H22N10O. The Morgan fingerprint density at radius 2 is 1.75 bits per heavy atom. The van der Waals surface area contributed by atoms with Crippen LogP contribution >= 0.6 is 0 Å². The highest BCUT2D eigenvalue weighted by Gasteiger charge is 2.21. The van der Waals surface area contributed by atoms with E-state index in [0.29, 0.717) is 39.1 Å². The molecule has 1 amide bonds. The number of anilines is 1. The molecule has 0 saturated carbocycles. The molecule has 5 heterocycles. The van der Waals surface area contributed by atoms with Gasteiger partial charge in [-0.25, -0.2) is 15.0 Å². The van der Waals surface area contributed by atoms with Crippen molar-refractivity contribution in [3.8, 4) is 11.3 Å². The minimum atomic E-state index is -0.311. The SMILES string of the molecule is CCn1nc(C)c(-c2cc(C(=O)Nc3ncnc4c3cnn4C)c3cnn(C)c3n2)c1C. The topological polar surface area (TPSA) is 121 Å². The fraction of sp³-hybridized carbons (Fsp3) is 0.286. The highest BCUT2D eigenvalue weighted by Crippen LogP contribution is 2.30. The summed E-state index contributed by atoms with van der Waals surface area (Å²) in [4.78, 5) is 26.7. The quantitative estimate of drug-likeness (QED) is 0.465. The van der Waals surface area contributed by atoms with Crippen molar-refractivity contribution < 1.29 is 4.79 Å². The van der Waals surface area contributed by atoms with Crippen molar-refractivity contribution in [3.05, 3.63) is 41.7 Å². The Morgan fingerprint density at radius 3 is 2.47 bits per heavy atom. The maximum Gasteiger partial charge on any atom is 0.257 e. The van der Waals surface area contributed by atoms with Crippen LogP contribution in [0.3, 0.4) is 0 Å². The van der Waals surface area contributed by atoms with Crippen LogP contribution in [0.25, 0.3) is 33.3 Å². The van der Waals surface area contributed by atoms with E-state index in [1.165, 1.54) is 6.33 Å². The second kappa shape index (κ2) is 7.22. The number of aromatic nitrogens is 9. The van der Waals surface area contributed by atoms with Crippen molar-refractivity contribution in [1.82, 2.24) is 44.3 Å². The number of aryl methyl sites for hydroxylation is 4. The normalized spacial score (nSPS) is 11.5. The Morgan fingerprint density at radius 1 is 1.03 bits per heavy atom. The number of hydrogen-bond acceptors (Lipinski definition) is 7. The lowest BCUT2D eigenvalue weighted by Gasteiger charge is -2.09. The lowest BCUT2D eigenvalue weighted by molar-refractivity contribution is 0.102. The molecule has 11 nitrogen and oxygen atoms in total. The molecule has 5 aromatic heterocycles. The summed E-state index contributed by atoms with van der Waals surface area (Å²) in [5, 5.41) is 17.3. The van der Waals surface area contributed by atoms with Gasteiger partial charge in [0.25, 0.3) is 5.91 Å². The van der Waals surface area contributed by atoms with E-state index >= 15 is 0 Å². The molecule has 0 bridgehead atoms. The van der Waals surface area contributed by atoms with Gasteiger partial charge in [0.05, 0.1) is 40.1 Å². The van der Waals surface area contributed by atoms with Crippen molar-refractivity contribution in [2.45, 2.75) is 27.3 Å². The van der Waals surface area contributed by atoms with Crippen molar-refractivity contribution >= 4 is 33.8 Å². The highest BCUT2D eigenvalue weighted by molar-refractivity contribution is 6.14. The first-order chi connectivity index (χ1) is 15.4. The molecule has 0 radical (unpaired) electrons. The zero-order valence-electron chi connectivity index (χ0n) is 18.4. The summed E-state index contributed by atoms with van der Waals surface area (Å²) in [6.07, 6.45) is 4.69. The van der Waals surface area contributed by atoms with Gasteiger partial charge in [-0.2, -0.15) is 15.3 Å². The zero-order chi connectivity index (χ0) is 22.6. The Labute approximate surface area is 183 Å². The van der Waals surface area contributed by atoms with E-state index in [-0.39, 0.29) is 5.91 Å². The van der Waals surface area contributed by atoms with E-state index in [1.54, 1.807) is 41.9 Å². The molecule has 162 valence electrons. The summed E-state index contributed by atoms with van der Waals surface area (Å²) in [5.41, 5.74) is 5.16. The lowest BCUT2D eigenvalue weighted by Crippen LogP contribution is -2.14. The molecule has 0 aliphatic heterocycles. The molecule has 0 spiro atoms. The van der Waals surface area contributed by atoms with Crippen LogP contribution in [0.5, 0.6) is 0 Å². The molecule has 1 N–H and O–H groups in total. The van der Waals surface area contributed by atoms with Gasteiger partial charge < -0.3 is 5.32 Å². The number of hydrogen-bond donors (Lipinski definition) is 1. The number of rotatable bonds is 4. The van der Waals surface area contributed by atoms with Crippen molar-refractivity contribution in [2.75, 3.05) is 5.32 Å². The summed E-state index contributed by atoms with van der Waals surface area (Å²) < 4.78 is 5.22. The summed E-state index contributed by atoms with van der Waals surface area (Å²) >= 11 is 0. The standard InChI is InChI=1S/C21H22N10O/c1-6-31-12(3)17(11(2)28-31)16-7-13(14-8-24-30(5)20(14)26-16)21(32)27-18-15-9-25-29(4)19(15)23-10-22-18/h7-10H,6H2,1-5H3,(H,22,23,27,32). The Bertz CT molecular complexity index is 1510. The molecule has 11 heteroatoms. The minimum absolute atomic E-state index is 0.311. The van der Waals surface area contributed by atoms with Crippen LogP contribution in [0, 0.1) is 13.8 Å². The van der Waals surface area contributed by atoms with E-state index in [4.69, 9.17) is 4.98 Å². The molecule has 0 aromatic carbocycles. The summed E-state index contributed by atoms with van der Waals surface area (Å²) in [5.74, 6) is 0.0864. The minimum Gasteiger partial charge on any atom is -0.306 e. The van der Waals surface area contributed by atoms with Gasteiger partial charge in [-0.3, -0.25) is 18.8 Å². The molecule has 0 aliphatic carbocycles. The average Bonchev–Trinajstić information content (AvgIpc) is 3.43. The molecule has 0 atom stereocenters. The van der Waals surface area contributed by atoms with Crippen LogP contribution in [0.2, 0.25) is 0 Å². The second-order valence-electron chi connectivity index (χ2n) is 7.60. The monoisotopic (exact) mass is 430 g/mol. The molecule has 5 aromatic rings. The van der Waals surface area contributed by atoms with E-state index in [2.05, 4.69) is 30.6 Å². The molecular weight excluding hydrogens is 408 g/mol. The largest absolute Gasteiger partial charge is 0.306 e. The third kappa shape index (κ3) is 2.93. The fourth-order valence-corrected chi connectivity index (χ4v) is 4.04. The van der Waals surface area contributed by atoms with Gasteiger partial charge in [0.2, 0.25) is 0 Å². The van der Waals surface area contributed by atoms with Gasteiger partial charge in [-0.15, -0.1) is 0 Å². The van der Waals surface area contributed by atoms with Crippen LogP contribution in [0.4, 0.5) is 5.82 Å².